The van der Waals surface area contributed by atoms with Crippen LogP contribution < -0.4 is 0 Å². The highest BCUT2D eigenvalue weighted by atomic mass is 14.4. The monoisotopic (exact) mass is 586 g/mol. The van der Waals surface area contributed by atoms with E-state index in [2.05, 4.69) is 172 Å². The molecule has 0 amide bonds. The largest absolute Gasteiger partial charge is 0.0622 e. The third-order valence-corrected chi connectivity index (χ3v) is 10.4. The van der Waals surface area contributed by atoms with Crippen molar-refractivity contribution in [2.45, 2.75) is 26.2 Å². The van der Waals surface area contributed by atoms with Gasteiger partial charge in [-0.3, -0.25) is 0 Å². The predicted octanol–water partition coefficient (Wildman–Crippen LogP) is 12.8. The molecule has 0 heteroatoms. The van der Waals surface area contributed by atoms with Crippen molar-refractivity contribution >= 4 is 32.3 Å². The average molecular weight is 587 g/mol. The van der Waals surface area contributed by atoms with Crippen molar-refractivity contribution < 1.29 is 0 Å². The van der Waals surface area contributed by atoms with Crippen LogP contribution >= 0.6 is 0 Å². The van der Waals surface area contributed by atoms with E-state index in [1.54, 1.807) is 0 Å². The summed E-state index contributed by atoms with van der Waals surface area (Å²) in [6.45, 7) is 7.07. The highest BCUT2D eigenvalue weighted by molar-refractivity contribution is 6.17. The molecule has 0 radical (unpaired) electrons. The fourth-order valence-corrected chi connectivity index (χ4v) is 8.06. The SMILES string of the molecule is Cc1c2ccc(-c3ccccc3-c3ccccc3)cc2c(-c2ccc3ccccc3c2)c2cc3c(cc12)-c1ccccc1C3(C)C. The van der Waals surface area contributed by atoms with Crippen molar-refractivity contribution in [3.05, 3.63) is 168 Å². The maximum Gasteiger partial charge on any atom is 0.0159 e. The standard InChI is InChI=1S/C46H34/c1-29-35-24-23-33(37-18-10-9-17-36(37)31-14-5-4-6-15-31)26-41(35)45(34-22-21-30-13-7-8-16-32(30)25-34)42-28-44-40(27-39(29)42)38-19-11-12-20-43(38)46(44,2)3/h4-28H,1-3H3. The molecule has 0 fully saturated rings. The van der Waals surface area contributed by atoms with Gasteiger partial charge in [-0.15, -0.1) is 0 Å². The van der Waals surface area contributed by atoms with Gasteiger partial charge >= 0.3 is 0 Å². The molecule has 8 aromatic rings. The summed E-state index contributed by atoms with van der Waals surface area (Å²) in [7, 11) is 0. The van der Waals surface area contributed by atoms with Gasteiger partial charge in [0, 0.05) is 5.41 Å². The normalized spacial score (nSPS) is 13.3. The Kier molecular flexibility index (Phi) is 5.86. The molecular formula is C46H34. The smallest absolute Gasteiger partial charge is 0.0159 e. The number of rotatable bonds is 3. The Hall–Kier alpha value is -5.46. The molecule has 0 aromatic heterocycles. The van der Waals surface area contributed by atoms with Crippen LogP contribution in [0.1, 0.15) is 30.5 Å². The summed E-state index contributed by atoms with van der Waals surface area (Å²) in [5, 5.41) is 7.80. The minimum atomic E-state index is -0.0693. The topological polar surface area (TPSA) is 0 Å². The first-order chi connectivity index (χ1) is 22.5. The Morgan fingerprint density at radius 2 is 1.00 bits per heavy atom. The van der Waals surface area contributed by atoms with Crippen molar-refractivity contribution in [1.29, 1.82) is 0 Å². The second-order valence-corrected chi connectivity index (χ2v) is 13.3. The Morgan fingerprint density at radius 1 is 0.370 bits per heavy atom. The maximum absolute atomic E-state index is 2.52. The summed E-state index contributed by atoms with van der Waals surface area (Å²) in [4.78, 5) is 0. The molecule has 1 aliphatic rings. The maximum atomic E-state index is 2.52. The Labute approximate surface area is 270 Å². The molecule has 8 aromatic carbocycles. The van der Waals surface area contributed by atoms with Crippen LogP contribution in [-0.2, 0) is 5.41 Å². The molecule has 0 spiro atoms. The quantitative estimate of drug-likeness (QED) is 0.181. The first-order valence-corrected chi connectivity index (χ1v) is 16.3. The van der Waals surface area contributed by atoms with Gasteiger partial charge in [0.15, 0.2) is 0 Å². The summed E-state index contributed by atoms with van der Waals surface area (Å²) < 4.78 is 0. The first-order valence-electron chi connectivity index (χ1n) is 16.3. The van der Waals surface area contributed by atoms with Crippen LogP contribution in [0.3, 0.4) is 0 Å². The summed E-state index contributed by atoms with van der Waals surface area (Å²) in [6, 6.07) is 56.3. The van der Waals surface area contributed by atoms with E-state index >= 15 is 0 Å². The van der Waals surface area contributed by atoms with Gasteiger partial charge in [0.2, 0.25) is 0 Å². The minimum Gasteiger partial charge on any atom is -0.0622 e. The molecule has 1 aliphatic carbocycles. The number of hydrogen-bond donors (Lipinski definition) is 0. The van der Waals surface area contributed by atoms with Crippen LogP contribution in [0.4, 0.5) is 0 Å². The number of aryl methyl sites for hydroxylation is 1. The van der Waals surface area contributed by atoms with Crippen molar-refractivity contribution in [2.75, 3.05) is 0 Å². The van der Waals surface area contributed by atoms with Gasteiger partial charge < -0.3 is 0 Å². The summed E-state index contributed by atoms with van der Waals surface area (Å²) in [6.07, 6.45) is 0. The lowest BCUT2D eigenvalue weighted by molar-refractivity contribution is 0.661. The van der Waals surface area contributed by atoms with Gasteiger partial charge in [-0.2, -0.15) is 0 Å². The van der Waals surface area contributed by atoms with E-state index < -0.39 is 0 Å². The molecule has 218 valence electrons. The second-order valence-electron chi connectivity index (χ2n) is 13.3. The third kappa shape index (κ3) is 3.93. The third-order valence-electron chi connectivity index (χ3n) is 10.4. The van der Waals surface area contributed by atoms with Gasteiger partial charge in [0.1, 0.15) is 0 Å². The van der Waals surface area contributed by atoms with Crippen LogP contribution in [0.15, 0.2) is 152 Å². The van der Waals surface area contributed by atoms with Crippen molar-refractivity contribution in [1.82, 2.24) is 0 Å². The first kappa shape index (κ1) is 26.9. The van der Waals surface area contributed by atoms with Crippen LogP contribution in [0.5, 0.6) is 0 Å². The van der Waals surface area contributed by atoms with Gasteiger partial charge in [0.05, 0.1) is 0 Å². The molecule has 0 heterocycles. The van der Waals surface area contributed by atoms with E-state index in [4.69, 9.17) is 0 Å². The zero-order valence-corrected chi connectivity index (χ0v) is 26.4. The Balaban J connectivity index is 1.39. The van der Waals surface area contributed by atoms with E-state index in [1.165, 1.54) is 93.5 Å². The highest BCUT2D eigenvalue weighted by Crippen LogP contribution is 2.52. The van der Waals surface area contributed by atoms with E-state index in [0.717, 1.165) is 0 Å². The van der Waals surface area contributed by atoms with Gasteiger partial charge in [0.25, 0.3) is 0 Å². The molecule has 0 nitrogen and oxygen atoms in total. The molecule has 0 aliphatic heterocycles. The number of fused-ring (bicyclic) bond motifs is 6. The van der Waals surface area contributed by atoms with Crippen LogP contribution in [0.2, 0.25) is 0 Å². The number of benzene rings is 8. The minimum absolute atomic E-state index is 0.0693. The van der Waals surface area contributed by atoms with Crippen LogP contribution in [-0.4, -0.2) is 0 Å². The predicted molar refractivity (Wildman–Crippen MR) is 198 cm³/mol. The molecule has 0 saturated heterocycles. The van der Waals surface area contributed by atoms with Gasteiger partial charge in [-0.1, -0.05) is 141 Å². The summed E-state index contributed by atoms with van der Waals surface area (Å²) in [5.41, 5.74) is 14.4. The lowest BCUT2D eigenvalue weighted by atomic mass is 9.80. The van der Waals surface area contributed by atoms with E-state index in [-0.39, 0.29) is 5.41 Å². The fraction of sp³-hybridized carbons (Fsp3) is 0.0870. The molecule has 0 N–H and O–H groups in total. The Bertz CT molecular complexity index is 2490. The second kappa shape index (κ2) is 10.0. The van der Waals surface area contributed by atoms with Crippen LogP contribution in [0, 0.1) is 6.92 Å². The molecule has 0 unspecified atom stereocenters. The zero-order valence-electron chi connectivity index (χ0n) is 26.4. The van der Waals surface area contributed by atoms with E-state index in [0.29, 0.717) is 0 Å². The lowest BCUT2D eigenvalue weighted by Crippen LogP contribution is -2.14. The molecule has 0 saturated carbocycles. The van der Waals surface area contributed by atoms with Crippen molar-refractivity contribution in [2.24, 2.45) is 0 Å². The zero-order chi connectivity index (χ0) is 31.0. The van der Waals surface area contributed by atoms with Gasteiger partial charge in [-0.05, 0) is 125 Å². The number of hydrogen-bond acceptors (Lipinski definition) is 0. The van der Waals surface area contributed by atoms with Crippen molar-refractivity contribution in [3.8, 4) is 44.5 Å². The molecule has 9 rings (SSSR count). The van der Waals surface area contributed by atoms with Crippen LogP contribution in [0.25, 0.3) is 76.8 Å². The summed E-state index contributed by atoms with van der Waals surface area (Å²) >= 11 is 0. The van der Waals surface area contributed by atoms with E-state index in [1.807, 2.05) is 0 Å². The molecular weight excluding hydrogens is 553 g/mol. The molecule has 0 atom stereocenters. The van der Waals surface area contributed by atoms with E-state index in [9.17, 15) is 0 Å². The van der Waals surface area contributed by atoms with Gasteiger partial charge in [-0.25, -0.2) is 0 Å². The lowest BCUT2D eigenvalue weighted by Gasteiger charge is -2.23. The molecule has 46 heavy (non-hydrogen) atoms. The molecule has 0 bridgehead atoms. The average Bonchev–Trinajstić information content (AvgIpc) is 3.33. The van der Waals surface area contributed by atoms with Crippen molar-refractivity contribution in [3.63, 3.8) is 0 Å². The summed E-state index contributed by atoms with van der Waals surface area (Å²) in [5.74, 6) is 0. The Morgan fingerprint density at radius 3 is 1.80 bits per heavy atom. The fourth-order valence-electron chi connectivity index (χ4n) is 8.06. The highest BCUT2D eigenvalue weighted by Gasteiger charge is 2.36.